The topological polar surface area (TPSA) is 85.4 Å². The van der Waals surface area contributed by atoms with Crippen molar-refractivity contribution >= 4 is 22.9 Å². The van der Waals surface area contributed by atoms with Gasteiger partial charge in [0, 0.05) is 35.6 Å². The summed E-state index contributed by atoms with van der Waals surface area (Å²) in [5, 5.41) is 14.0. The molecule has 6 nitrogen and oxygen atoms in total. The number of rotatable bonds is 9. The Labute approximate surface area is 203 Å². The van der Waals surface area contributed by atoms with E-state index in [4.69, 9.17) is 0 Å². The number of carbonyl (C=O) groups is 2. The number of amides is 2. The summed E-state index contributed by atoms with van der Waals surface area (Å²) >= 11 is 0. The van der Waals surface area contributed by atoms with E-state index in [-0.39, 0.29) is 18.5 Å². The third kappa shape index (κ3) is 5.35. The Morgan fingerprint density at radius 2 is 1.66 bits per heavy atom. The molecule has 0 aliphatic carbocycles. The number of para-hydroxylation sites is 1. The Bertz CT molecular complexity index is 1320. The first-order valence-electron chi connectivity index (χ1n) is 11.5. The molecule has 0 spiro atoms. The van der Waals surface area contributed by atoms with Crippen molar-refractivity contribution < 1.29 is 19.1 Å². The molecular weight excluding hydrogens is 445 g/mol. The van der Waals surface area contributed by atoms with E-state index in [0.717, 1.165) is 26.9 Å². The van der Waals surface area contributed by atoms with E-state index in [2.05, 4.69) is 10.3 Å². The fraction of sp³-hybridized carbons (Fsp3) is 0.214. The van der Waals surface area contributed by atoms with Crippen LogP contribution in [0.15, 0.2) is 85.1 Å². The third-order valence-electron chi connectivity index (χ3n) is 6.35. The molecule has 0 unspecified atom stereocenters. The molecule has 3 aromatic carbocycles. The minimum atomic E-state index is -1.49. The zero-order valence-electron chi connectivity index (χ0n) is 19.5. The lowest BCUT2D eigenvalue weighted by atomic mass is 9.89. The molecule has 0 aliphatic rings. The zero-order chi connectivity index (χ0) is 24.8. The van der Waals surface area contributed by atoms with Gasteiger partial charge >= 0.3 is 6.09 Å². The summed E-state index contributed by atoms with van der Waals surface area (Å²) in [4.78, 5) is 30.3. The number of carbonyl (C=O) groups excluding carboxylic acids is 1. The van der Waals surface area contributed by atoms with E-state index in [1.165, 1.54) is 12.1 Å². The summed E-state index contributed by atoms with van der Waals surface area (Å²) in [6, 6.07) is 23.4. The Morgan fingerprint density at radius 1 is 0.971 bits per heavy atom. The number of carboxylic acid groups (broad SMARTS) is 1. The van der Waals surface area contributed by atoms with E-state index >= 15 is 0 Å². The molecule has 0 radical (unpaired) electrons. The number of nitrogens with one attached hydrogen (secondary N) is 2. The second kappa shape index (κ2) is 10.4. The van der Waals surface area contributed by atoms with E-state index in [0.29, 0.717) is 13.0 Å². The van der Waals surface area contributed by atoms with Crippen LogP contribution in [0, 0.1) is 5.82 Å². The number of fused-ring (bicyclic) bond motifs is 1. The largest absolute Gasteiger partial charge is 0.465 e. The predicted molar refractivity (Wildman–Crippen MR) is 134 cm³/mol. The van der Waals surface area contributed by atoms with Crippen LogP contribution in [0.5, 0.6) is 0 Å². The fourth-order valence-electron chi connectivity index (χ4n) is 4.35. The molecular formula is C28H28FN3O3. The molecule has 4 aromatic rings. The van der Waals surface area contributed by atoms with Crippen LogP contribution in [0.3, 0.4) is 0 Å². The highest BCUT2D eigenvalue weighted by Gasteiger charge is 2.43. The molecule has 7 heteroatoms. The maximum Gasteiger partial charge on any atom is 0.408 e. The maximum absolute atomic E-state index is 14.5. The fourth-order valence-corrected chi connectivity index (χ4v) is 4.35. The second-order valence-electron chi connectivity index (χ2n) is 8.76. The highest BCUT2D eigenvalue weighted by Crippen LogP contribution is 2.29. The normalized spacial score (nSPS) is 12.7. The molecule has 0 aliphatic heterocycles. The van der Waals surface area contributed by atoms with Crippen LogP contribution in [0.25, 0.3) is 10.9 Å². The summed E-state index contributed by atoms with van der Waals surface area (Å²) in [6.45, 7) is 1.69. The molecule has 0 bridgehead atoms. The predicted octanol–water partition coefficient (Wildman–Crippen LogP) is 5.15. The van der Waals surface area contributed by atoms with Gasteiger partial charge in [-0.1, -0.05) is 66.7 Å². The van der Waals surface area contributed by atoms with Gasteiger partial charge in [0.2, 0.25) is 5.91 Å². The first-order chi connectivity index (χ1) is 16.9. The van der Waals surface area contributed by atoms with Gasteiger partial charge in [-0.3, -0.25) is 9.69 Å². The van der Waals surface area contributed by atoms with E-state index < -0.39 is 23.4 Å². The Balaban J connectivity index is 1.65. The number of hydrogen-bond acceptors (Lipinski definition) is 2. The molecule has 3 N–H and O–H groups in total. The highest BCUT2D eigenvalue weighted by atomic mass is 19.1. The number of benzene rings is 3. The minimum Gasteiger partial charge on any atom is -0.465 e. The molecule has 0 fully saturated rings. The monoisotopic (exact) mass is 473 g/mol. The summed E-state index contributed by atoms with van der Waals surface area (Å²) in [6.07, 6.45) is 1.22. The van der Waals surface area contributed by atoms with Crippen LogP contribution in [0.2, 0.25) is 0 Å². The van der Waals surface area contributed by atoms with E-state index in [9.17, 15) is 19.1 Å². The van der Waals surface area contributed by atoms with E-state index in [1.54, 1.807) is 25.3 Å². The van der Waals surface area contributed by atoms with Gasteiger partial charge in [0.15, 0.2) is 0 Å². The standard InChI is InChI=1S/C28H28FN3O3/c1-28(17-22-18-31-25-14-8-6-12-23(22)25,26(33)30-16-15-20-9-3-2-4-10-20)32(27(34)35)19-21-11-5-7-13-24(21)29/h2-14,18,31H,15-17,19H2,1H3,(H,30,33)(H,34,35)/t28-/m1/s1. The van der Waals surface area contributed by atoms with Crippen LogP contribution in [-0.4, -0.2) is 39.1 Å². The molecule has 1 heterocycles. The van der Waals surface area contributed by atoms with Crippen molar-refractivity contribution in [3.8, 4) is 0 Å². The number of nitrogens with zero attached hydrogens (tertiary/aromatic N) is 1. The smallest absolute Gasteiger partial charge is 0.408 e. The zero-order valence-corrected chi connectivity index (χ0v) is 19.5. The Morgan fingerprint density at radius 3 is 2.40 bits per heavy atom. The Hall–Kier alpha value is -4.13. The van der Waals surface area contributed by atoms with Gasteiger partial charge < -0.3 is 15.4 Å². The molecule has 35 heavy (non-hydrogen) atoms. The van der Waals surface area contributed by atoms with E-state index in [1.807, 2.05) is 54.6 Å². The minimum absolute atomic E-state index is 0.120. The molecule has 2 amide bonds. The lowest BCUT2D eigenvalue weighted by Gasteiger charge is -2.38. The number of halogens is 1. The molecule has 180 valence electrons. The average Bonchev–Trinajstić information content (AvgIpc) is 3.26. The van der Waals surface area contributed by atoms with Crippen molar-refractivity contribution in [2.24, 2.45) is 0 Å². The van der Waals surface area contributed by atoms with Crippen molar-refractivity contribution in [3.63, 3.8) is 0 Å². The molecule has 0 saturated carbocycles. The summed E-state index contributed by atoms with van der Waals surface area (Å²) < 4.78 is 14.5. The lowest BCUT2D eigenvalue weighted by molar-refractivity contribution is -0.132. The number of H-pyrrole nitrogens is 1. The first-order valence-corrected chi connectivity index (χ1v) is 11.5. The molecule has 1 atom stereocenters. The van der Waals surface area contributed by atoms with Gasteiger partial charge in [-0.05, 0) is 36.6 Å². The summed E-state index contributed by atoms with van der Waals surface area (Å²) in [5.74, 6) is -0.949. The number of hydrogen-bond donors (Lipinski definition) is 3. The van der Waals surface area contributed by atoms with Crippen LogP contribution < -0.4 is 5.32 Å². The van der Waals surface area contributed by atoms with Crippen molar-refractivity contribution in [1.82, 2.24) is 15.2 Å². The van der Waals surface area contributed by atoms with Gasteiger partial charge in [-0.2, -0.15) is 0 Å². The van der Waals surface area contributed by atoms with Gasteiger partial charge in [0.1, 0.15) is 11.4 Å². The van der Waals surface area contributed by atoms with Gasteiger partial charge in [-0.25, -0.2) is 9.18 Å². The summed E-state index contributed by atoms with van der Waals surface area (Å²) in [5.41, 5.74) is 1.48. The van der Waals surface area contributed by atoms with Crippen molar-refractivity contribution in [2.75, 3.05) is 6.54 Å². The van der Waals surface area contributed by atoms with Crippen molar-refractivity contribution in [2.45, 2.75) is 31.8 Å². The van der Waals surface area contributed by atoms with Crippen molar-refractivity contribution in [3.05, 3.63) is 108 Å². The summed E-state index contributed by atoms with van der Waals surface area (Å²) in [7, 11) is 0. The van der Waals surface area contributed by atoms with Crippen LogP contribution in [0.1, 0.15) is 23.6 Å². The molecule has 1 aromatic heterocycles. The lowest BCUT2D eigenvalue weighted by Crippen LogP contribution is -2.59. The van der Waals surface area contributed by atoms with Crippen molar-refractivity contribution in [1.29, 1.82) is 0 Å². The SMILES string of the molecule is C[C@@](Cc1c[nH]c2ccccc12)(C(=O)NCCc1ccccc1)N(Cc1ccccc1F)C(=O)O. The Kier molecular flexibility index (Phi) is 7.15. The number of aromatic amines is 1. The van der Waals surface area contributed by atoms with Crippen LogP contribution in [0.4, 0.5) is 9.18 Å². The quantitative estimate of drug-likeness (QED) is 0.314. The molecule has 4 rings (SSSR count). The maximum atomic E-state index is 14.5. The molecule has 0 saturated heterocycles. The highest BCUT2D eigenvalue weighted by molar-refractivity contribution is 5.91. The average molecular weight is 474 g/mol. The third-order valence-corrected chi connectivity index (χ3v) is 6.35. The van der Waals surface area contributed by atoms with Gasteiger partial charge in [-0.15, -0.1) is 0 Å². The first kappa shape index (κ1) is 24.0. The van der Waals surface area contributed by atoms with Gasteiger partial charge in [0.25, 0.3) is 0 Å². The van der Waals surface area contributed by atoms with Gasteiger partial charge in [0.05, 0.1) is 6.54 Å². The van der Waals surface area contributed by atoms with Crippen LogP contribution in [-0.2, 0) is 24.2 Å². The second-order valence-corrected chi connectivity index (χ2v) is 8.76. The van der Waals surface area contributed by atoms with Crippen LogP contribution >= 0.6 is 0 Å². The number of aromatic nitrogens is 1.